The van der Waals surface area contributed by atoms with Gasteiger partial charge in [0.05, 0.1) is 25.1 Å². The SMILES string of the molecule is CCOC(=O)Cc1csc(NC(=O)Cc2ccccc2C)n1. The molecule has 2 rings (SSSR count). The molecule has 1 aromatic heterocycles. The highest BCUT2D eigenvalue weighted by Crippen LogP contribution is 2.17. The van der Waals surface area contributed by atoms with Crippen LogP contribution < -0.4 is 5.32 Å². The average molecular weight is 318 g/mol. The van der Waals surface area contributed by atoms with Crippen molar-refractivity contribution in [1.82, 2.24) is 4.98 Å². The number of hydrogen-bond donors (Lipinski definition) is 1. The van der Waals surface area contributed by atoms with E-state index in [1.807, 2.05) is 31.2 Å². The van der Waals surface area contributed by atoms with Gasteiger partial charge in [-0.3, -0.25) is 9.59 Å². The van der Waals surface area contributed by atoms with Crippen LogP contribution in [0.3, 0.4) is 0 Å². The Hall–Kier alpha value is -2.21. The van der Waals surface area contributed by atoms with Gasteiger partial charge in [-0.05, 0) is 25.0 Å². The van der Waals surface area contributed by atoms with Gasteiger partial charge in [0, 0.05) is 5.38 Å². The lowest BCUT2D eigenvalue weighted by Crippen LogP contribution is -2.15. The number of aryl methyl sites for hydroxylation is 1. The van der Waals surface area contributed by atoms with Crippen molar-refractivity contribution in [3.63, 3.8) is 0 Å². The first-order valence-electron chi connectivity index (χ1n) is 7.03. The van der Waals surface area contributed by atoms with Gasteiger partial charge in [-0.1, -0.05) is 24.3 Å². The number of thiazole rings is 1. The smallest absolute Gasteiger partial charge is 0.311 e. The summed E-state index contributed by atoms with van der Waals surface area (Å²) in [6.45, 7) is 4.09. The molecule has 0 atom stereocenters. The second-order valence-corrected chi connectivity index (χ2v) is 5.64. The van der Waals surface area contributed by atoms with Crippen molar-refractivity contribution in [2.45, 2.75) is 26.7 Å². The maximum Gasteiger partial charge on any atom is 0.311 e. The highest BCUT2D eigenvalue weighted by Gasteiger charge is 2.11. The zero-order valence-electron chi connectivity index (χ0n) is 12.6. The Morgan fingerprint density at radius 2 is 2.05 bits per heavy atom. The molecule has 0 saturated carbocycles. The van der Waals surface area contributed by atoms with Crippen LogP contribution in [-0.4, -0.2) is 23.5 Å². The second kappa shape index (κ2) is 7.70. The van der Waals surface area contributed by atoms with Crippen LogP contribution in [0.15, 0.2) is 29.6 Å². The topological polar surface area (TPSA) is 68.3 Å². The van der Waals surface area contributed by atoms with E-state index in [1.54, 1.807) is 12.3 Å². The Labute approximate surface area is 133 Å². The quantitative estimate of drug-likeness (QED) is 0.832. The molecule has 22 heavy (non-hydrogen) atoms. The minimum atomic E-state index is -0.314. The van der Waals surface area contributed by atoms with Crippen LogP contribution in [0, 0.1) is 6.92 Å². The lowest BCUT2D eigenvalue weighted by atomic mass is 10.1. The third kappa shape index (κ3) is 4.66. The minimum absolute atomic E-state index is 0.119. The van der Waals surface area contributed by atoms with Gasteiger partial charge in [0.1, 0.15) is 0 Å². The number of hydrogen-bond acceptors (Lipinski definition) is 5. The first kappa shape index (κ1) is 16.2. The molecule has 0 aliphatic rings. The van der Waals surface area contributed by atoms with Crippen molar-refractivity contribution in [2.24, 2.45) is 0 Å². The number of amides is 1. The third-order valence-corrected chi connectivity index (χ3v) is 3.85. The Bertz CT molecular complexity index is 667. The van der Waals surface area contributed by atoms with Crippen molar-refractivity contribution in [1.29, 1.82) is 0 Å². The van der Waals surface area contributed by atoms with E-state index in [2.05, 4.69) is 10.3 Å². The molecule has 1 heterocycles. The van der Waals surface area contributed by atoms with Gasteiger partial charge in [0.25, 0.3) is 0 Å². The highest BCUT2D eigenvalue weighted by molar-refractivity contribution is 7.13. The summed E-state index contributed by atoms with van der Waals surface area (Å²) in [4.78, 5) is 27.6. The summed E-state index contributed by atoms with van der Waals surface area (Å²) < 4.78 is 4.87. The zero-order valence-corrected chi connectivity index (χ0v) is 13.4. The molecule has 0 saturated heterocycles. The lowest BCUT2D eigenvalue weighted by Gasteiger charge is -2.05. The molecule has 1 amide bonds. The van der Waals surface area contributed by atoms with Gasteiger partial charge >= 0.3 is 5.97 Å². The number of rotatable bonds is 6. The van der Waals surface area contributed by atoms with Gasteiger partial charge < -0.3 is 10.1 Å². The van der Waals surface area contributed by atoms with Gasteiger partial charge in [-0.15, -0.1) is 11.3 Å². The van der Waals surface area contributed by atoms with Gasteiger partial charge in [-0.2, -0.15) is 0 Å². The number of aromatic nitrogens is 1. The molecule has 5 nitrogen and oxygen atoms in total. The maximum absolute atomic E-state index is 12.0. The van der Waals surface area contributed by atoms with E-state index in [-0.39, 0.29) is 18.3 Å². The van der Waals surface area contributed by atoms with E-state index in [9.17, 15) is 9.59 Å². The van der Waals surface area contributed by atoms with E-state index in [1.165, 1.54) is 11.3 Å². The number of carbonyl (C=O) groups excluding carboxylic acids is 2. The first-order chi connectivity index (χ1) is 10.6. The van der Waals surface area contributed by atoms with Gasteiger partial charge in [0.2, 0.25) is 5.91 Å². The Kier molecular flexibility index (Phi) is 5.66. The van der Waals surface area contributed by atoms with Crippen molar-refractivity contribution in [2.75, 3.05) is 11.9 Å². The number of nitrogens with one attached hydrogen (secondary N) is 1. The number of carbonyl (C=O) groups is 2. The predicted octanol–water partition coefficient (Wildman–Crippen LogP) is 2.74. The fraction of sp³-hybridized carbons (Fsp3) is 0.312. The van der Waals surface area contributed by atoms with E-state index in [4.69, 9.17) is 4.74 Å². The van der Waals surface area contributed by atoms with Crippen molar-refractivity contribution >= 4 is 28.3 Å². The number of benzene rings is 1. The zero-order chi connectivity index (χ0) is 15.9. The molecule has 0 aliphatic heterocycles. The molecule has 0 spiro atoms. The summed E-state index contributed by atoms with van der Waals surface area (Å²) in [7, 11) is 0. The number of nitrogens with zero attached hydrogens (tertiary/aromatic N) is 1. The monoisotopic (exact) mass is 318 g/mol. The predicted molar refractivity (Wildman–Crippen MR) is 86.0 cm³/mol. The fourth-order valence-electron chi connectivity index (χ4n) is 1.95. The summed E-state index contributed by atoms with van der Waals surface area (Å²) in [6, 6.07) is 7.77. The molecule has 0 bridgehead atoms. The van der Waals surface area contributed by atoms with Crippen molar-refractivity contribution in [3.8, 4) is 0 Å². The van der Waals surface area contributed by atoms with Crippen LogP contribution in [0.2, 0.25) is 0 Å². The van der Waals surface area contributed by atoms with Crippen LogP contribution in [0.25, 0.3) is 0 Å². The van der Waals surface area contributed by atoms with Crippen molar-refractivity contribution < 1.29 is 14.3 Å². The second-order valence-electron chi connectivity index (χ2n) is 4.78. The Balaban J connectivity index is 1.91. The van der Waals surface area contributed by atoms with Crippen LogP contribution >= 0.6 is 11.3 Å². The van der Waals surface area contributed by atoms with E-state index >= 15 is 0 Å². The van der Waals surface area contributed by atoms with Crippen LogP contribution in [0.4, 0.5) is 5.13 Å². The van der Waals surface area contributed by atoms with E-state index in [0.29, 0.717) is 23.9 Å². The third-order valence-electron chi connectivity index (χ3n) is 3.04. The molecule has 0 radical (unpaired) electrons. The molecule has 2 aromatic rings. The minimum Gasteiger partial charge on any atom is -0.466 e. The summed E-state index contributed by atoms with van der Waals surface area (Å²) in [6.07, 6.45) is 0.428. The van der Waals surface area contributed by atoms with E-state index < -0.39 is 0 Å². The first-order valence-corrected chi connectivity index (χ1v) is 7.91. The van der Waals surface area contributed by atoms with Crippen LogP contribution in [0.1, 0.15) is 23.7 Å². The lowest BCUT2D eigenvalue weighted by molar-refractivity contribution is -0.142. The van der Waals surface area contributed by atoms with Crippen LogP contribution in [-0.2, 0) is 27.2 Å². The molecule has 0 aliphatic carbocycles. The maximum atomic E-state index is 12.0. The molecule has 0 fully saturated rings. The molecule has 1 aromatic carbocycles. The molecule has 6 heteroatoms. The van der Waals surface area contributed by atoms with Crippen molar-refractivity contribution in [3.05, 3.63) is 46.5 Å². The van der Waals surface area contributed by atoms with Gasteiger partial charge in [-0.25, -0.2) is 4.98 Å². The number of ether oxygens (including phenoxy) is 1. The molecule has 116 valence electrons. The fourth-order valence-corrected chi connectivity index (χ4v) is 2.68. The highest BCUT2D eigenvalue weighted by atomic mass is 32.1. The van der Waals surface area contributed by atoms with Gasteiger partial charge in [0.15, 0.2) is 5.13 Å². The molecule has 0 unspecified atom stereocenters. The standard InChI is InChI=1S/C16H18N2O3S/c1-3-21-15(20)9-13-10-22-16(17-13)18-14(19)8-12-7-5-4-6-11(12)2/h4-7,10H,3,8-9H2,1-2H3,(H,17,18,19). The summed E-state index contributed by atoms with van der Waals surface area (Å²) in [5, 5.41) is 5.01. The average Bonchev–Trinajstić information content (AvgIpc) is 2.88. The molecular weight excluding hydrogens is 300 g/mol. The Morgan fingerprint density at radius 3 is 2.77 bits per heavy atom. The summed E-state index contributed by atoms with van der Waals surface area (Å²) in [5.74, 6) is -0.433. The Morgan fingerprint density at radius 1 is 1.27 bits per heavy atom. The summed E-state index contributed by atoms with van der Waals surface area (Å²) >= 11 is 1.30. The number of anilines is 1. The van der Waals surface area contributed by atoms with Crippen LogP contribution in [0.5, 0.6) is 0 Å². The molecule has 1 N–H and O–H groups in total. The summed E-state index contributed by atoms with van der Waals surface area (Å²) in [5.41, 5.74) is 2.68. The van der Waals surface area contributed by atoms with E-state index in [0.717, 1.165) is 11.1 Å². The molecular formula is C16H18N2O3S. The number of esters is 1. The largest absolute Gasteiger partial charge is 0.466 e. The normalized spacial score (nSPS) is 10.3.